The Morgan fingerprint density at radius 1 is 1.21 bits per heavy atom. The minimum absolute atomic E-state index is 0.231. The van der Waals surface area contributed by atoms with Gasteiger partial charge in [0, 0.05) is 23.5 Å². The third-order valence-corrected chi connectivity index (χ3v) is 3.81. The van der Waals surface area contributed by atoms with Gasteiger partial charge in [-0.25, -0.2) is 0 Å². The summed E-state index contributed by atoms with van der Waals surface area (Å²) in [7, 11) is 2.03. The first-order chi connectivity index (χ1) is 8.91. The number of aryl methyl sites for hydroxylation is 1. The van der Waals surface area contributed by atoms with Gasteiger partial charge in [-0.15, -0.1) is 0 Å². The summed E-state index contributed by atoms with van der Waals surface area (Å²) in [5, 5.41) is 4.65. The van der Waals surface area contributed by atoms with E-state index in [4.69, 9.17) is 4.98 Å². The predicted molar refractivity (Wildman–Crippen MR) is 82.5 cm³/mol. The van der Waals surface area contributed by atoms with Gasteiger partial charge in [0.2, 0.25) is 0 Å². The Kier molecular flexibility index (Phi) is 3.91. The van der Waals surface area contributed by atoms with Crippen LogP contribution in [0.5, 0.6) is 0 Å². The summed E-state index contributed by atoms with van der Waals surface area (Å²) in [5.74, 6) is 0. The second kappa shape index (κ2) is 5.30. The Balaban J connectivity index is 2.37. The lowest BCUT2D eigenvalue weighted by atomic mass is 9.83. The zero-order valence-corrected chi connectivity index (χ0v) is 12.6. The Bertz CT molecular complexity index is 567. The molecule has 19 heavy (non-hydrogen) atoms. The first kappa shape index (κ1) is 14.0. The maximum Gasteiger partial charge on any atom is 0.0705 e. The van der Waals surface area contributed by atoms with Gasteiger partial charge in [-0.3, -0.25) is 4.98 Å². The van der Waals surface area contributed by atoms with Gasteiger partial charge in [0.1, 0.15) is 0 Å². The fourth-order valence-electron chi connectivity index (χ4n) is 2.50. The van der Waals surface area contributed by atoms with Gasteiger partial charge < -0.3 is 5.32 Å². The van der Waals surface area contributed by atoms with Crippen molar-refractivity contribution >= 4 is 10.9 Å². The van der Waals surface area contributed by atoms with Gasteiger partial charge in [-0.2, -0.15) is 0 Å². The van der Waals surface area contributed by atoms with E-state index in [1.54, 1.807) is 0 Å². The van der Waals surface area contributed by atoms with Crippen molar-refractivity contribution in [2.45, 2.75) is 40.2 Å². The first-order valence-electron chi connectivity index (χ1n) is 6.94. The normalized spacial score (nSPS) is 13.7. The van der Waals surface area contributed by atoms with Crippen LogP contribution < -0.4 is 5.32 Å². The third-order valence-electron chi connectivity index (χ3n) is 3.81. The summed E-state index contributed by atoms with van der Waals surface area (Å²) in [6.07, 6.45) is 0.969. The molecule has 0 bridgehead atoms. The molecule has 102 valence electrons. The van der Waals surface area contributed by atoms with Crippen molar-refractivity contribution in [2.75, 3.05) is 7.05 Å². The van der Waals surface area contributed by atoms with Crippen molar-refractivity contribution in [1.29, 1.82) is 0 Å². The lowest BCUT2D eigenvalue weighted by Crippen LogP contribution is -2.40. The van der Waals surface area contributed by atoms with Gasteiger partial charge in [0.15, 0.2) is 0 Å². The van der Waals surface area contributed by atoms with Crippen LogP contribution in [-0.2, 0) is 6.42 Å². The molecule has 0 fully saturated rings. The van der Waals surface area contributed by atoms with Crippen LogP contribution in [0.4, 0.5) is 0 Å². The largest absolute Gasteiger partial charge is 0.316 e. The Hall–Kier alpha value is -1.41. The number of pyridine rings is 1. The topological polar surface area (TPSA) is 24.9 Å². The number of hydrogen-bond donors (Lipinski definition) is 1. The number of rotatable bonds is 3. The van der Waals surface area contributed by atoms with Gasteiger partial charge >= 0.3 is 0 Å². The minimum Gasteiger partial charge on any atom is -0.316 e. The smallest absolute Gasteiger partial charge is 0.0705 e. The second-order valence-electron chi connectivity index (χ2n) is 6.36. The highest BCUT2D eigenvalue weighted by molar-refractivity contribution is 5.79. The maximum atomic E-state index is 4.84. The average Bonchev–Trinajstić information content (AvgIpc) is 2.34. The monoisotopic (exact) mass is 256 g/mol. The first-order valence-corrected chi connectivity index (χ1v) is 6.94. The molecule has 0 radical (unpaired) electrons. The second-order valence-corrected chi connectivity index (χ2v) is 6.36. The zero-order valence-electron chi connectivity index (χ0n) is 12.6. The van der Waals surface area contributed by atoms with E-state index in [2.05, 4.69) is 57.3 Å². The summed E-state index contributed by atoms with van der Waals surface area (Å²) < 4.78 is 0. The molecular weight excluding hydrogens is 232 g/mol. The van der Waals surface area contributed by atoms with E-state index in [0.717, 1.165) is 11.9 Å². The van der Waals surface area contributed by atoms with E-state index in [1.165, 1.54) is 16.6 Å². The fourth-order valence-corrected chi connectivity index (χ4v) is 2.50. The van der Waals surface area contributed by atoms with E-state index in [1.807, 2.05) is 13.1 Å². The van der Waals surface area contributed by atoms with Crippen molar-refractivity contribution in [3.05, 3.63) is 41.6 Å². The summed E-state index contributed by atoms with van der Waals surface area (Å²) in [6, 6.07) is 11.0. The lowest BCUT2D eigenvalue weighted by molar-refractivity contribution is 0.278. The quantitative estimate of drug-likeness (QED) is 0.905. The van der Waals surface area contributed by atoms with E-state index in [0.29, 0.717) is 6.04 Å². The van der Waals surface area contributed by atoms with Crippen LogP contribution in [0.1, 0.15) is 32.0 Å². The molecule has 2 heteroatoms. The molecule has 1 heterocycles. The van der Waals surface area contributed by atoms with Crippen molar-refractivity contribution in [3.63, 3.8) is 0 Å². The van der Waals surface area contributed by atoms with Crippen LogP contribution in [0.15, 0.2) is 30.3 Å². The third kappa shape index (κ3) is 3.13. The van der Waals surface area contributed by atoms with Gasteiger partial charge in [0.05, 0.1) is 5.52 Å². The maximum absolute atomic E-state index is 4.84. The summed E-state index contributed by atoms with van der Waals surface area (Å²) in [4.78, 5) is 4.84. The van der Waals surface area contributed by atoms with Crippen LogP contribution in [0, 0.1) is 12.3 Å². The van der Waals surface area contributed by atoms with Gasteiger partial charge in [-0.1, -0.05) is 39.0 Å². The molecule has 0 saturated carbocycles. The summed E-state index contributed by atoms with van der Waals surface area (Å²) in [5.41, 5.74) is 3.80. The molecule has 0 aliphatic heterocycles. The molecule has 2 rings (SSSR count). The number of aromatic nitrogens is 1. The van der Waals surface area contributed by atoms with Crippen LogP contribution in [0.2, 0.25) is 0 Å². The number of nitrogens with one attached hydrogen (secondary N) is 1. The number of fused-ring (bicyclic) bond motifs is 1. The number of benzene rings is 1. The minimum atomic E-state index is 0.231. The highest BCUT2D eigenvalue weighted by atomic mass is 14.9. The fraction of sp³-hybridized carbons (Fsp3) is 0.471. The van der Waals surface area contributed by atoms with Gasteiger partial charge in [0.25, 0.3) is 0 Å². The molecule has 0 spiro atoms. The summed E-state index contributed by atoms with van der Waals surface area (Å²) in [6.45, 7) is 8.96. The molecule has 2 nitrogen and oxygen atoms in total. The van der Waals surface area contributed by atoms with Crippen molar-refractivity contribution < 1.29 is 0 Å². The number of para-hydroxylation sites is 1. The van der Waals surface area contributed by atoms with Crippen molar-refractivity contribution in [2.24, 2.45) is 5.41 Å². The molecular formula is C17H24N2. The van der Waals surface area contributed by atoms with E-state index >= 15 is 0 Å². The molecule has 1 unspecified atom stereocenters. The van der Waals surface area contributed by atoms with Crippen molar-refractivity contribution in [3.8, 4) is 0 Å². The Morgan fingerprint density at radius 3 is 2.53 bits per heavy atom. The molecule has 1 N–H and O–H groups in total. The average molecular weight is 256 g/mol. The van der Waals surface area contributed by atoms with Crippen LogP contribution in [-0.4, -0.2) is 18.1 Å². The number of hydrogen-bond acceptors (Lipinski definition) is 2. The van der Waals surface area contributed by atoms with Gasteiger partial charge in [-0.05, 0) is 37.1 Å². The standard InChI is InChI=1S/C17H24N2/c1-12-10-13-8-6-7-9-14(13)19-15(12)11-16(18-5)17(2,3)4/h6-10,16,18H,11H2,1-5H3. The highest BCUT2D eigenvalue weighted by Crippen LogP contribution is 2.24. The lowest BCUT2D eigenvalue weighted by Gasteiger charge is -2.30. The molecule has 0 amide bonds. The van der Waals surface area contributed by atoms with Crippen molar-refractivity contribution in [1.82, 2.24) is 10.3 Å². The summed E-state index contributed by atoms with van der Waals surface area (Å²) >= 11 is 0. The molecule has 1 atom stereocenters. The molecule has 0 saturated heterocycles. The predicted octanol–water partition coefficient (Wildman–Crippen LogP) is 3.72. The number of nitrogens with zero attached hydrogens (tertiary/aromatic N) is 1. The van der Waals surface area contributed by atoms with Crippen LogP contribution in [0.3, 0.4) is 0 Å². The Morgan fingerprint density at radius 2 is 1.89 bits per heavy atom. The Labute approximate surface area is 116 Å². The number of likely N-dealkylation sites (N-methyl/N-ethyl adjacent to an activating group) is 1. The van der Waals surface area contributed by atoms with E-state index in [-0.39, 0.29) is 5.41 Å². The molecule has 1 aromatic heterocycles. The molecule has 1 aromatic carbocycles. The zero-order chi connectivity index (χ0) is 14.0. The van der Waals surface area contributed by atoms with Crippen LogP contribution >= 0.6 is 0 Å². The molecule has 2 aromatic rings. The molecule has 0 aliphatic rings. The van der Waals surface area contributed by atoms with Crippen LogP contribution in [0.25, 0.3) is 10.9 Å². The highest BCUT2D eigenvalue weighted by Gasteiger charge is 2.24. The SMILES string of the molecule is CNC(Cc1nc2ccccc2cc1C)C(C)(C)C. The van der Waals surface area contributed by atoms with E-state index < -0.39 is 0 Å². The molecule has 0 aliphatic carbocycles. The van der Waals surface area contributed by atoms with E-state index in [9.17, 15) is 0 Å².